The number of carboxylic acid groups (broad SMARTS) is 1. The van der Waals surface area contributed by atoms with Crippen LogP contribution in [0.4, 0.5) is 4.79 Å². The predicted molar refractivity (Wildman–Crippen MR) is 72.1 cm³/mol. The number of ether oxygens (including phenoxy) is 1. The third-order valence-electron chi connectivity index (χ3n) is 3.72. The molecule has 0 saturated heterocycles. The molecule has 0 aliphatic carbocycles. The Morgan fingerprint density at radius 3 is 3.11 bits per heavy atom. The van der Waals surface area contributed by atoms with E-state index in [2.05, 4.69) is 6.92 Å². The zero-order valence-electron chi connectivity index (χ0n) is 10.9. The molecule has 0 aromatic heterocycles. The van der Waals surface area contributed by atoms with Crippen LogP contribution >= 0.6 is 0 Å². The standard InChI is InChI=1S/C15H17NO3/c1-10-2-5-13(16(9-10)15(17)18)12-4-3-11-6-7-19-14(11)8-12/h3-5,8,10H,2,6-7,9H2,1H3,(H,17,18)/t10-/m0/s1. The Bertz CT molecular complexity index is 550. The van der Waals surface area contributed by atoms with Gasteiger partial charge in [-0.05, 0) is 24.0 Å². The van der Waals surface area contributed by atoms with Gasteiger partial charge in [-0.15, -0.1) is 0 Å². The van der Waals surface area contributed by atoms with Crippen molar-refractivity contribution >= 4 is 11.8 Å². The van der Waals surface area contributed by atoms with E-state index in [4.69, 9.17) is 4.74 Å². The third kappa shape index (κ3) is 2.18. The fourth-order valence-electron chi connectivity index (χ4n) is 2.69. The second-order valence-electron chi connectivity index (χ2n) is 5.24. The summed E-state index contributed by atoms with van der Waals surface area (Å²) in [7, 11) is 0. The maximum Gasteiger partial charge on any atom is 0.411 e. The summed E-state index contributed by atoms with van der Waals surface area (Å²) in [5, 5.41) is 9.34. The lowest BCUT2D eigenvalue weighted by Gasteiger charge is -2.30. The minimum atomic E-state index is -0.890. The van der Waals surface area contributed by atoms with Crippen molar-refractivity contribution in [1.29, 1.82) is 0 Å². The van der Waals surface area contributed by atoms with E-state index in [1.807, 2.05) is 24.3 Å². The lowest BCUT2D eigenvalue weighted by atomic mass is 9.97. The molecule has 0 bridgehead atoms. The van der Waals surface area contributed by atoms with Crippen LogP contribution in [0, 0.1) is 5.92 Å². The molecule has 2 heterocycles. The van der Waals surface area contributed by atoms with E-state index in [0.717, 1.165) is 36.5 Å². The highest BCUT2D eigenvalue weighted by molar-refractivity contribution is 5.82. The molecule has 3 rings (SSSR count). The van der Waals surface area contributed by atoms with Gasteiger partial charge in [0.2, 0.25) is 0 Å². The van der Waals surface area contributed by atoms with Crippen molar-refractivity contribution in [3.8, 4) is 5.75 Å². The summed E-state index contributed by atoms with van der Waals surface area (Å²) in [6.45, 7) is 3.34. The van der Waals surface area contributed by atoms with Gasteiger partial charge < -0.3 is 9.84 Å². The van der Waals surface area contributed by atoms with Crippen molar-refractivity contribution < 1.29 is 14.6 Å². The first kappa shape index (κ1) is 12.1. The summed E-state index contributed by atoms with van der Waals surface area (Å²) in [5.41, 5.74) is 2.91. The average molecular weight is 259 g/mol. The number of carbonyl (C=O) groups is 1. The zero-order valence-corrected chi connectivity index (χ0v) is 10.9. The maximum atomic E-state index is 11.4. The number of hydrogen-bond donors (Lipinski definition) is 1. The smallest absolute Gasteiger partial charge is 0.411 e. The molecule has 100 valence electrons. The van der Waals surface area contributed by atoms with E-state index in [9.17, 15) is 9.90 Å². The second-order valence-corrected chi connectivity index (χ2v) is 5.24. The fraction of sp³-hybridized carbons (Fsp3) is 0.400. The monoisotopic (exact) mass is 259 g/mol. The van der Waals surface area contributed by atoms with Gasteiger partial charge in [0, 0.05) is 18.5 Å². The highest BCUT2D eigenvalue weighted by Crippen LogP contribution is 2.33. The Balaban J connectivity index is 1.97. The van der Waals surface area contributed by atoms with Gasteiger partial charge in [-0.2, -0.15) is 0 Å². The van der Waals surface area contributed by atoms with Gasteiger partial charge in [-0.1, -0.05) is 25.1 Å². The molecule has 0 unspecified atom stereocenters. The quantitative estimate of drug-likeness (QED) is 0.843. The summed E-state index contributed by atoms with van der Waals surface area (Å²) in [6.07, 6.45) is 2.98. The molecule has 1 N–H and O–H groups in total. The summed E-state index contributed by atoms with van der Waals surface area (Å²) in [4.78, 5) is 12.8. The molecule has 4 heteroatoms. The Hall–Kier alpha value is -1.97. The number of amides is 1. The summed E-state index contributed by atoms with van der Waals surface area (Å²) >= 11 is 0. The Morgan fingerprint density at radius 1 is 1.47 bits per heavy atom. The second kappa shape index (κ2) is 4.61. The lowest BCUT2D eigenvalue weighted by molar-refractivity contribution is 0.159. The van der Waals surface area contributed by atoms with Gasteiger partial charge in [-0.25, -0.2) is 4.79 Å². The fourth-order valence-corrected chi connectivity index (χ4v) is 2.69. The van der Waals surface area contributed by atoms with Crippen LogP contribution in [-0.2, 0) is 6.42 Å². The molecule has 1 atom stereocenters. The van der Waals surface area contributed by atoms with E-state index >= 15 is 0 Å². The number of hydrogen-bond acceptors (Lipinski definition) is 2. The van der Waals surface area contributed by atoms with E-state index < -0.39 is 6.09 Å². The van der Waals surface area contributed by atoms with Crippen LogP contribution in [0.2, 0.25) is 0 Å². The average Bonchev–Trinajstić information content (AvgIpc) is 2.85. The van der Waals surface area contributed by atoms with Crippen molar-refractivity contribution in [2.75, 3.05) is 13.2 Å². The number of allylic oxidation sites excluding steroid dienone is 1. The van der Waals surface area contributed by atoms with Gasteiger partial charge in [-0.3, -0.25) is 4.90 Å². The van der Waals surface area contributed by atoms with Crippen molar-refractivity contribution in [3.05, 3.63) is 35.4 Å². The molecule has 1 amide bonds. The molecule has 0 spiro atoms. The first-order valence-electron chi connectivity index (χ1n) is 6.62. The van der Waals surface area contributed by atoms with Crippen molar-refractivity contribution in [2.24, 2.45) is 5.92 Å². The van der Waals surface area contributed by atoms with E-state index in [1.165, 1.54) is 10.5 Å². The topological polar surface area (TPSA) is 49.8 Å². The van der Waals surface area contributed by atoms with Crippen LogP contribution in [0.5, 0.6) is 5.75 Å². The van der Waals surface area contributed by atoms with Gasteiger partial charge in [0.1, 0.15) is 5.75 Å². The third-order valence-corrected chi connectivity index (χ3v) is 3.72. The highest BCUT2D eigenvalue weighted by Gasteiger charge is 2.25. The lowest BCUT2D eigenvalue weighted by Crippen LogP contribution is -2.34. The summed E-state index contributed by atoms with van der Waals surface area (Å²) in [6, 6.07) is 5.99. The molecule has 0 radical (unpaired) electrons. The number of benzene rings is 1. The van der Waals surface area contributed by atoms with E-state index in [0.29, 0.717) is 12.5 Å². The van der Waals surface area contributed by atoms with Gasteiger partial charge in [0.15, 0.2) is 0 Å². The van der Waals surface area contributed by atoms with E-state index in [-0.39, 0.29) is 0 Å². The maximum absolute atomic E-state index is 11.4. The van der Waals surface area contributed by atoms with Crippen LogP contribution < -0.4 is 4.74 Å². The first-order chi connectivity index (χ1) is 9.15. The van der Waals surface area contributed by atoms with Crippen LogP contribution in [0.25, 0.3) is 5.70 Å². The van der Waals surface area contributed by atoms with Gasteiger partial charge in [0.25, 0.3) is 0 Å². The Morgan fingerprint density at radius 2 is 2.32 bits per heavy atom. The molecular weight excluding hydrogens is 242 g/mol. The molecule has 19 heavy (non-hydrogen) atoms. The highest BCUT2D eigenvalue weighted by atomic mass is 16.5. The van der Waals surface area contributed by atoms with Gasteiger partial charge >= 0.3 is 6.09 Å². The molecule has 1 aromatic rings. The van der Waals surface area contributed by atoms with Crippen molar-refractivity contribution in [2.45, 2.75) is 19.8 Å². The minimum Gasteiger partial charge on any atom is -0.493 e. The Labute approximate surface area is 112 Å². The van der Waals surface area contributed by atoms with Crippen LogP contribution in [-0.4, -0.2) is 29.3 Å². The van der Waals surface area contributed by atoms with Crippen LogP contribution in [0.1, 0.15) is 24.5 Å². The summed E-state index contributed by atoms with van der Waals surface area (Å²) < 4.78 is 5.55. The largest absolute Gasteiger partial charge is 0.493 e. The number of nitrogens with zero attached hydrogens (tertiary/aromatic N) is 1. The SMILES string of the molecule is C[C@H]1CC=C(c2ccc3c(c2)OCC3)N(C(=O)O)C1. The minimum absolute atomic E-state index is 0.366. The molecule has 2 aliphatic heterocycles. The first-order valence-corrected chi connectivity index (χ1v) is 6.62. The van der Waals surface area contributed by atoms with Crippen molar-refractivity contribution in [3.63, 3.8) is 0 Å². The molecule has 0 saturated carbocycles. The van der Waals surface area contributed by atoms with E-state index in [1.54, 1.807) is 0 Å². The molecule has 4 nitrogen and oxygen atoms in total. The summed E-state index contributed by atoms with van der Waals surface area (Å²) in [5.74, 6) is 1.26. The molecule has 0 fully saturated rings. The molecule has 1 aromatic carbocycles. The van der Waals surface area contributed by atoms with Crippen LogP contribution in [0.15, 0.2) is 24.3 Å². The predicted octanol–water partition coefficient (Wildman–Crippen LogP) is 2.98. The number of fused-ring (bicyclic) bond motifs is 1. The Kier molecular flexibility index (Phi) is 2.93. The van der Waals surface area contributed by atoms with Gasteiger partial charge in [0.05, 0.1) is 12.3 Å². The van der Waals surface area contributed by atoms with Crippen molar-refractivity contribution in [1.82, 2.24) is 4.90 Å². The normalized spacial score (nSPS) is 21.6. The van der Waals surface area contributed by atoms with Crippen LogP contribution in [0.3, 0.4) is 0 Å². The zero-order chi connectivity index (χ0) is 13.4. The molecule has 2 aliphatic rings. The molecular formula is C15H17NO3. The number of rotatable bonds is 1.